The Balaban J connectivity index is 0. The summed E-state index contributed by atoms with van der Waals surface area (Å²) < 4.78 is 35.2. The predicted molar refractivity (Wildman–Crippen MR) is 111 cm³/mol. The average molecular weight is 457 g/mol. The minimum Gasteiger partial charge on any atom is -0.545 e. The zero-order chi connectivity index (χ0) is 22.0. The number of carbonyl (C=O) groups is 2. The van der Waals surface area contributed by atoms with Crippen LogP contribution in [0.5, 0.6) is 0 Å². The van der Waals surface area contributed by atoms with Gasteiger partial charge in [0.1, 0.15) is 0 Å². The molecule has 0 spiro atoms. The van der Waals surface area contributed by atoms with E-state index in [0.29, 0.717) is 12.5 Å². The first-order valence-electron chi connectivity index (χ1n) is 10.8. The molecule has 0 atom stereocenters. The molecule has 0 aromatic rings. The molecule has 7 nitrogen and oxygen atoms in total. The molecule has 0 radical (unpaired) electrons. The SMILES string of the molecule is CCCCCCCCCCCCCCOC(=O)/C(=C\C(=O)[O-])CCCS(=O)(=O)O.[Na+]. The molecule has 0 aromatic carbocycles. The minimum atomic E-state index is -4.16. The van der Waals surface area contributed by atoms with Gasteiger partial charge in [-0.15, -0.1) is 0 Å². The largest absolute Gasteiger partial charge is 1.00 e. The molecule has 0 rings (SSSR count). The first-order valence-corrected chi connectivity index (χ1v) is 12.4. The normalized spacial score (nSPS) is 11.7. The van der Waals surface area contributed by atoms with Crippen molar-refractivity contribution in [2.24, 2.45) is 0 Å². The fourth-order valence-electron chi connectivity index (χ4n) is 3.02. The third-order valence-corrected chi connectivity index (χ3v) is 5.44. The van der Waals surface area contributed by atoms with Gasteiger partial charge in [0.05, 0.1) is 18.3 Å². The summed E-state index contributed by atoms with van der Waals surface area (Å²) in [7, 11) is -4.16. The van der Waals surface area contributed by atoms with Crippen LogP contribution in [0.4, 0.5) is 0 Å². The molecule has 0 bridgehead atoms. The summed E-state index contributed by atoms with van der Waals surface area (Å²) in [6.07, 6.45) is 14.7. The maximum atomic E-state index is 11.9. The molecule has 0 aliphatic rings. The molecule has 0 aromatic heterocycles. The number of hydrogen-bond acceptors (Lipinski definition) is 6. The number of rotatable bonds is 19. The van der Waals surface area contributed by atoms with Crippen molar-refractivity contribution in [3.8, 4) is 0 Å². The van der Waals surface area contributed by atoms with E-state index in [1.54, 1.807) is 0 Å². The Hall–Kier alpha value is -0.410. The smallest absolute Gasteiger partial charge is 0.545 e. The van der Waals surface area contributed by atoms with Gasteiger partial charge in [0.2, 0.25) is 0 Å². The first-order chi connectivity index (χ1) is 13.8. The van der Waals surface area contributed by atoms with Crippen LogP contribution in [0.1, 0.15) is 96.8 Å². The number of carboxylic acid groups (broad SMARTS) is 1. The van der Waals surface area contributed by atoms with Crippen LogP contribution in [-0.2, 0) is 24.4 Å². The molecule has 0 unspecified atom stereocenters. The summed E-state index contributed by atoms with van der Waals surface area (Å²) in [5.41, 5.74) is -0.160. The average Bonchev–Trinajstić information content (AvgIpc) is 2.63. The summed E-state index contributed by atoms with van der Waals surface area (Å²) in [6.45, 7) is 2.41. The van der Waals surface area contributed by atoms with Gasteiger partial charge in [-0.25, -0.2) is 4.79 Å². The van der Waals surface area contributed by atoms with E-state index in [0.717, 1.165) is 19.3 Å². The monoisotopic (exact) mass is 456 g/mol. The van der Waals surface area contributed by atoms with Gasteiger partial charge in [0, 0.05) is 5.57 Å². The number of carboxylic acids is 1. The second-order valence-electron chi connectivity index (χ2n) is 7.40. The maximum Gasteiger partial charge on any atom is 1.00 e. The third kappa shape index (κ3) is 22.3. The van der Waals surface area contributed by atoms with Gasteiger partial charge < -0.3 is 14.6 Å². The van der Waals surface area contributed by atoms with Crippen LogP contribution in [0.2, 0.25) is 0 Å². The molecule has 0 aliphatic carbocycles. The number of unbranched alkanes of at least 4 members (excludes halogenated alkanes) is 11. The third-order valence-electron chi connectivity index (χ3n) is 4.63. The van der Waals surface area contributed by atoms with Crippen LogP contribution in [0.25, 0.3) is 0 Å². The second kappa shape index (κ2) is 20.5. The molecule has 30 heavy (non-hydrogen) atoms. The minimum absolute atomic E-state index is 0. The molecule has 170 valence electrons. The van der Waals surface area contributed by atoms with Crippen molar-refractivity contribution in [2.45, 2.75) is 96.8 Å². The summed E-state index contributed by atoms with van der Waals surface area (Å²) in [5.74, 6) is -2.88. The molecule has 0 aliphatic heterocycles. The van der Waals surface area contributed by atoms with Gasteiger partial charge in [-0.1, -0.05) is 77.6 Å². The number of ether oxygens (including phenoxy) is 1. The summed E-state index contributed by atoms with van der Waals surface area (Å²) >= 11 is 0. The molecule has 0 amide bonds. The maximum absolute atomic E-state index is 11.9. The van der Waals surface area contributed by atoms with Crippen LogP contribution < -0.4 is 34.7 Å². The Kier molecular flexibility index (Phi) is 21.7. The van der Waals surface area contributed by atoms with E-state index in [1.165, 1.54) is 51.4 Å². The van der Waals surface area contributed by atoms with Gasteiger partial charge in [-0.3, -0.25) is 4.55 Å². The zero-order valence-electron chi connectivity index (χ0n) is 18.7. The van der Waals surface area contributed by atoms with Crippen molar-refractivity contribution >= 4 is 22.1 Å². The summed E-state index contributed by atoms with van der Waals surface area (Å²) in [6, 6.07) is 0. The molecule has 9 heteroatoms. The molecule has 0 saturated heterocycles. The van der Waals surface area contributed by atoms with Crippen LogP contribution in [-0.4, -0.2) is 37.3 Å². The fraction of sp³-hybridized carbons (Fsp3) is 0.810. The molecular formula is C21H37NaO7S. The van der Waals surface area contributed by atoms with Crippen molar-refractivity contribution in [1.82, 2.24) is 0 Å². The standard InChI is InChI=1S/C21H38O7S.Na/c1-2-3-4-5-6-7-8-9-10-11-12-13-16-28-21(24)19(18-20(22)23)15-14-17-29(25,26)27;/h18H,2-17H2,1H3,(H,22,23)(H,25,26,27);/q;+1/p-1/b19-18-;. The van der Waals surface area contributed by atoms with E-state index in [4.69, 9.17) is 9.29 Å². The number of aliphatic carboxylic acids is 1. The van der Waals surface area contributed by atoms with Crippen molar-refractivity contribution in [3.63, 3.8) is 0 Å². The van der Waals surface area contributed by atoms with E-state index in [9.17, 15) is 23.1 Å². The number of hydrogen-bond donors (Lipinski definition) is 1. The van der Waals surface area contributed by atoms with Crippen LogP contribution in [0, 0.1) is 0 Å². The van der Waals surface area contributed by atoms with Gasteiger partial charge in [0.25, 0.3) is 10.1 Å². The molecule has 0 saturated carbocycles. The van der Waals surface area contributed by atoms with Crippen LogP contribution >= 0.6 is 0 Å². The van der Waals surface area contributed by atoms with Crippen molar-refractivity contribution < 1.29 is 62.0 Å². The number of carbonyl (C=O) groups excluding carboxylic acids is 2. The molecule has 1 N–H and O–H groups in total. The number of esters is 1. The Labute approximate surface area is 204 Å². The Bertz CT molecular complexity index is 588. The van der Waals surface area contributed by atoms with E-state index in [2.05, 4.69) is 6.92 Å². The van der Waals surface area contributed by atoms with Crippen molar-refractivity contribution in [3.05, 3.63) is 11.6 Å². The van der Waals surface area contributed by atoms with Gasteiger partial charge >= 0.3 is 35.5 Å². The van der Waals surface area contributed by atoms with Gasteiger partial charge in [-0.2, -0.15) is 8.42 Å². The topological polar surface area (TPSA) is 121 Å². The molecule has 0 fully saturated rings. The Morgan fingerprint density at radius 2 is 1.33 bits per heavy atom. The zero-order valence-corrected chi connectivity index (χ0v) is 21.5. The quantitative estimate of drug-likeness (QED) is 0.0992. The molecular weight excluding hydrogens is 419 g/mol. The Morgan fingerprint density at radius 1 is 0.867 bits per heavy atom. The van der Waals surface area contributed by atoms with Gasteiger partial charge in [-0.05, 0) is 25.3 Å². The Morgan fingerprint density at radius 3 is 1.77 bits per heavy atom. The predicted octanol–water partition coefficient (Wildman–Crippen LogP) is 0.579. The first kappa shape index (κ1) is 31.8. The van der Waals surface area contributed by atoms with Crippen LogP contribution in [0.15, 0.2) is 11.6 Å². The van der Waals surface area contributed by atoms with Crippen molar-refractivity contribution in [2.75, 3.05) is 12.4 Å². The molecule has 0 heterocycles. The van der Waals surface area contributed by atoms with Crippen LogP contribution in [0.3, 0.4) is 0 Å². The van der Waals surface area contributed by atoms with E-state index < -0.39 is 27.8 Å². The van der Waals surface area contributed by atoms with Gasteiger partial charge in [0.15, 0.2) is 0 Å². The van der Waals surface area contributed by atoms with E-state index >= 15 is 0 Å². The second-order valence-corrected chi connectivity index (χ2v) is 8.98. The van der Waals surface area contributed by atoms with Crippen molar-refractivity contribution in [1.29, 1.82) is 0 Å². The fourth-order valence-corrected chi connectivity index (χ4v) is 3.53. The summed E-state index contributed by atoms with van der Waals surface area (Å²) in [4.78, 5) is 22.6. The van der Waals surface area contributed by atoms with E-state index in [-0.39, 0.29) is 54.6 Å². The summed E-state index contributed by atoms with van der Waals surface area (Å²) in [5, 5.41) is 10.7. The van der Waals surface area contributed by atoms with E-state index in [1.807, 2.05) is 0 Å².